The van der Waals surface area contributed by atoms with Crippen LogP contribution in [0.1, 0.15) is 19.1 Å². The minimum absolute atomic E-state index is 0.150. The van der Waals surface area contributed by atoms with Gasteiger partial charge in [-0.15, -0.1) is 0 Å². The molecule has 0 aliphatic heterocycles. The lowest BCUT2D eigenvalue weighted by Crippen LogP contribution is -2.14. The summed E-state index contributed by atoms with van der Waals surface area (Å²) in [6.07, 6.45) is 0.979. The van der Waals surface area contributed by atoms with Crippen molar-refractivity contribution in [3.8, 4) is 0 Å². The van der Waals surface area contributed by atoms with Crippen LogP contribution >= 0.6 is 0 Å². The first-order chi connectivity index (χ1) is 10.0. The number of anilines is 1. The van der Waals surface area contributed by atoms with Gasteiger partial charge in [0.1, 0.15) is 11.6 Å². The molecule has 0 atom stereocenters. The first-order valence-corrected chi connectivity index (χ1v) is 8.07. The topological polar surface area (TPSA) is 71.3 Å². The van der Waals surface area contributed by atoms with Crippen molar-refractivity contribution in [1.29, 1.82) is 0 Å². The molecule has 1 aromatic carbocycles. The molecule has 2 rings (SSSR count). The summed E-state index contributed by atoms with van der Waals surface area (Å²) in [5.74, 6) is 0.0159. The van der Waals surface area contributed by atoms with Crippen molar-refractivity contribution >= 4 is 15.7 Å². The van der Waals surface area contributed by atoms with E-state index < -0.39 is 15.8 Å². The predicted octanol–water partition coefficient (Wildman–Crippen LogP) is 2.72. The van der Waals surface area contributed by atoms with Crippen molar-refractivity contribution in [2.75, 3.05) is 11.3 Å². The van der Waals surface area contributed by atoms with Crippen molar-refractivity contribution in [3.63, 3.8) is 0 Å². The van der Waals surface area contributed by atoms with Crippen molar-refractivity contribution < 1.29 is 17.2 Å². The summed E-state index contributed by atoms with van der Waals surface area (Å²) in [6.45, 7) is 3.32. The van der Waals surface area contributed by atoms with Crippen LogP contribution in [-0.4, -0.2) is 15.0 Å². The molecule has 7 heteroatoms. The standard InChI is InChI=1S/C14H17FN2O3S/c1-2-8-16-10-13-6-7-14(20-13)21(18,19)17-12-5-3-4-11(15)9-12/h3-7,9,16-17H,2,8,10H2,1H3. The summed E-state index contributed by atoms with van der Waals surface area (Å²) in [5, 5.41) is 2.92. The first-order valence-electron chi connectivity index (χ1n) is 6.59. The van der Waals surface area contributed by atoms with E-state index in [-0.39, 0.29) is 10.8 Å². The van der Waals surface area contributed by atoms with Gasteiger partial charge in [-0.3, -0.25) is 4.72 Å². The zero-order chi connectivity index (χ0) is 15.3. The Morgan fingerprint density at radius 1 is 1.24 bits per heavy atom. The van der Waals surface area contributed by atoms with E-state index in [2.05, 4.69) is 10.0 Å². The van der Waals surface area contributed by atoms with Crippen LogP contribution in [0.3, 0.4) is 0 Å². The smallest absolute Gasteiger partial charge is 0.295 e. The molecule has 0 saturated heterocycles. The van der Waals surface area contributed by atoms with Crippen LogP contribution in [0, 0.1) is 5.82 Å². The number of hydrogen-bond acceptors (Lipinski definition) is 4. The van der Waals surface area contributed by atoms with E-state index in [9.17, 15) is 12.8 Å². The van der Waals surface area contributed by atoms with Gasteiger partial charge >= 0.3 is 0 Å². The van der Waals surface area contributed by atoms with Crippen molar-refractivity contribution in [3.05, 3.63) is 48.0 Å². The van der Waals surface area contributed by atoms with E-state index in [0.29, 0.717) is 12.3 Å². The van der Waals surface area contributed by atoms with Crippen LogP contribution < -0.4 is 10.0 Å². The molecular formula is C14H17FN2O3S. The number of nitrogens with one attached hydrogen (secondary N) is 2. The molecule has 1 heterocycles. The maximum atomic E-state index is 13.1. The van der Waals surface area contributed by atoms with Gasteiger partial charge in [0.15, 0.2) is 0 Å². The number of rotatable bonds is 7. The lowest BCUT2D eigenvalue weighted by molar-refractivity contribution is 0.403. The van der Waals surface area contributed by atoms with Gasteiger partial charge < -0.3 is 9.73 Å². The van der Waals surface area contributed by atoms with Gasteiger partial charge in [-0.1, -0.05) is 13.0 Å². The summed E-state index contributed by atoms with van der Waals surface area (Å²) in [5.41, 5.74) is 0.150. The normalized spacial score (nSPS) is 11.5. The van der Waals surface area contributed by atoms with E-state index in [1.807, 2.05) is 6.92 Å². The Balaban J connectivity index is 2.09. The highest BCUT2D eigenvalue weighted by atomic mass is 32.2. The number of halogens is 1. The molecule has 114 valence electrons. The molecule has 2 N–H and O–H groups in total. The summed E-state index contributed by atoms with van der Waals surface area (Å²) in [4.78, 5) is 0. The monoisotopic (exact) mass is 312 g/mol. The molecule has 0 saturated carbocycles. The second kappa shape index (κ2) is 6.73. The molecular weight excluding hydrogens is 295 g/mol. The molecule has 0 aliphatic carbocycles. The van der Waals surface area contributed by atoms with Crippen LogP contribution in [0.25, 0.3) is 0 Å². The van der Waals surface area contributed by atoms with E-state index in [0.717, 1.165) is 19.0 Å². The SMILES string of the molecule is CCCNCc1ccc(S(=O)(=O)Nc2cccc(F)c2)o1. The molecule has 0 unspecified atom stereocenters. The second-order valence-electron chi connectivity index (χ2n) is 4.51. The maximum Gasteiger partial charge on any atom is 0.295 e. The number of hydrogen-bond donors (Lipinski definition) is 2. The van der Waals surface area contributed by atoms with Gasteiger partial charge in [-0.05, 0) is 43.3 Å². The zero-order valence-corrected chi connectivity index (χ0v) is 12.4. The Hall–Kier alpha value is -1.86. The highest BCUT2D eigenvalue weighted by Crippen LogP contribution is 2.19. The largest absolute Gasteiger partial charge is 0.446 e. The van der Waals surface area contributed by atoms with Crippen molar-refractivity contribution in [2.24, 2.45) is 0 Å². The molecule has 0 aliphatic rings. The van der Waals surface area contributed by atoms with Gasteiger partial charge in [0.2, 0.25) is 5.09 Å². The summed E-state index contributed by atoms with van der Waals surface area (Å²) >= 11 is 0. The number of sulfonamides is 1. The number of benzene rings is 1. The minimum Gasteiger partial charge on any atom is -0.446 e. The predicted molar refractivity (Wildman–Crippen MR) is 77.9 cm³/mol. The third-order valence-electron chi connectivity index (χ3n) is 2.70. The van der Waals surface area contributed by atoms with Crippen molar-refractivity contribution in [2.45, 2.75) is 25.0 Å². The quantitative estimate of drug-likeness (QED) is 0.771. The van der Waals surface area contributed by atoms with Crippen LogP contribution in [0.2, 0.25) is 0 Å². The molecule has 21 heavy (non-hydrogen) atoms. The Labute approximate surface area is 123 Å². The molecule has 0 bridgehead atoms. The molecule has 0 amide bonds. The molecule has 0 spiro atoms. The number of furan rings is 1. The molecule has 2 aromatic rings. The summed E-state index contributed by atoms with van der Waals surface area (Å²) in [7, 11) is -3.85. The Morgan fingerprint density at radius 2 is 2.05 bits per heavy atom. The van der Waals surface area contributed by atoms with Gasteiger partial charge in [0.25, 0.3) is 10.0 Å². The third kappa shape index (κ3) is 4.30. The third-order valence-corrected chi connectivity index (χ3v) is 3.96. The molecule has 0 fully saturated rings. The first kappa shape index (κ1) is 15.5. The fraction of sp³-hybridized carbons (Fsp3) is 0.286. The van der Waals surface area contributed by atoms with E-state index >= 15 is 0 Å². The molecule has 1 aromatic heterocycles. The minimum atomic E-state index is -3.85. The molecule has 0 radical (unpaired) electrons. The van der Waals surface area contributed by atoms with Crippen molar-refractivity contribution in [1.82, 2.24) is 5.32 Å². The fourth-order valence-electron chi connectivity index (χ4n) is 1.74. The molecule has 5 nitrogen and oxygen atoms in total. The lowest BCUT2D eigenvalue weighted by Gasteiger charge is -2.05. The van der Waals surface area contributed by atoms with Crippen LogP contribution in [-0.2, 0) is 16.6 Å². The van der Waals surface area contributed by atoms with Gasteiger partial charge in [0.05, 0.1) is 12.2 Å². The average Bonchev–Trinajstić information content (AvgIpc) is 2.88. The lowest BCUT2D eigenvalue weighted by atomic mass is 10.3. The van der Waals surface area contributed by atoms with E-state index in [1.165, 1.54) is 24.3 Å². The summed E-state index contributed by atoms with van der Waals surface area (Å²) < 4.78 is 44.8. The van der Waals surface area contributed by atoms with Crippen LogP contribution in [0.15, 0.2) is 45.9 Å². The maximum absolute atomic E-state index is 13.1. The van der Waals surface area contributed by atoms with Crippen LogP contribution in [0.5, 0.6) is 0 Å². The van der Waals surface area contributed by atoms with E-state index in [4.69, 9.17) is 4.42 Å². The fourth-order valence-corrected chi connectivity index (χ4v) is 2.75. The zero-order valence-electron chi connectivity index (χ0n) is 11.6. The van der Waals surface area contributed by atoms with Crippen LogP contribution in [0.4, 0.5) is 10.1 Å². The Morgan fingerprint density at radius 3 is 2.76 bits per heavy atom. The second-order valence-corrected chi connectivity index (χ2v) is 6.13. The van der Waals surface area contributed by atoms with Gasteiger partial charge in [-0.2, -0.15) is 8.42 Å². The van der Waals surface area contributed by atoms with Gasteiger partial charge in [0, 0.05) is 0 Å². The van der Waals surface area contributed by atoms with Gasteiger partial charge in [-0.25, -0.2) is 4.39 Å². The highest BCUT2D eigenvalue weighted by Gasteiger charge is 2.19. The summed E-state index contributed by atoms with van der Waals surface area (Å²) in [6, 6.07) is 8.21. The Bertz CT molecular complexity index is 698. The average molecular weight is 312 g/mol. The highest BCUT2D eigenvalue weighted by molar-refractivity contribution is 7.92. The Kier molecular flexibility index (Phi) is 4.98. The van der Waals surface area contributed by atoms with E-state index in [1.54, 1.807) is 6.07 Å².